The fraction of sp³-hybridized carbons (Fsp3) is 0.450. The summed E-state index contributed by atoms with van der Waals surface area (Å²) >= 11 is 6.30. The van der Waals surface area contributed by atoms with Crippen LogP contribution in [-0.2, 0) is 12.0 Å². The van der Waals surface area contributed by atoms with Crippen LogP contribution >= 0.6 is 11.6 Å². The highest BCUT2D eigenvalue weighted by Crippen LogP contribution is 2.31. The summed E-state index contributed by atoms with van der Waals surface area (Å²) in [6.45, 7) is 8.28. The molecule has 1 fully saturated rings. The van der Waals surface area contributed by atoms with E-state index < -0.39 is 0 Å². The van der Waals surface area contributed by atoms with Gasteiger partial charge >= 0.3 is 0 Å². The van der Waals surface area contributed by atoms with Crippen molar-refractivity contribution in [3.63, 3.8) is 0 Å². The van der Waals surface area contributed by atoms with Gasteiger partial charge in [-0.25, -0.2) is 9.97 Å². The molecule has 0 spiro atoms. The van der Waals surface area contributed by atoms with E-state index in [4.69, 9.17) is 21.6 Å². The van der Waals surface area contributed by atoms with Gasteiger partial charge in [0.2, 0.25) is 0 Å². The maximum atomic E-state index is 9.98. The molecule has 0 unspecified atom stereocenters. The third-order valence-corrected chi connectivity index (χ3v) is 5.23. The van der Waals surface area contributed by atoms with Crippen molar-refractivity contribution in [2.45, 2.75) is 45.3 Å². The zero-order chi connectivity index (χ0) is 19.2. The molecular formula is C20H24ClN5O. The summed E-state index contributed by atoms with van der Waals surface area (Å²) in [5.74, 6) is 1.69. The number of halogens is 1. The monoisotopic (exact) mass is 385 g/mol. The molecule has 4 rings (SSSR count). The lowest BCUT2D eigenvalue weighted by atomic mass is 9.95. The Morgan fingerprint density at radius 3 is 2.74 bits per heavy atom. The van der Waals surface area contributed by atoms with Gasteiger partial charge in [0.25, 0.3) is 0 Å². The number of rotatable bonds is 3. The summed E-state index contributed by atoms with van der Waals surface area (Å²) < 4.78 is 2.07. The van der Waals surface area contributed by atoms with Crippen LogP contribution in [-0.4, -0.2) is 43.8 Å². The van der Waals surface area contributed by atoms with E-state index in [1.807, 2.05) is 24.4 Å². The standard InChI is InChI=1S/C20H24ClN5O/c1-20(2,3)19-23-17(25-9-6-13(27)11-25)14-7-10-26(18(14)24-19)12-16-15(21)5-4-8-22-16/h4-5,7-8,10,13,27H,6,9,11-12H2,1-3H3/t13-/m0/s1. The van der Waals surface area contributed by atoms with Crippen LogP contribution in [0.2, 0.25) is 5.02 Å². The van der Waals surface area contributed by atoms with Crippen molar-refractivity contribution in [2.75, 3.05) is 18.0 Å². The topological polar surface area (TPSA) is 67.1 Å². The van der Waals surface area contributed by atoms with Crippen molar-refractivity contribution in [1.29, 1.82) is 0 Å². The number of β-amino-alcohol motifs (C(OH)–C–C–N with tert-alkyl or cyclic N) is 1. The van der Waals surface area contributed by atoms with Crippen molar-refractivity contribution in [2.24, 2.45) is 0 Å². The van der Waals surface area contributed by atoms with Gasteiger partial charge in [0.1, 0.15) is 17.3 Å². The molecule has 1 atom stereocenters. The van der Waals surface area contributed by atoms with Crippen molar-refractivity contribution >= 4 is 28.5 Å². The lowest BCUT2D eigenvalue weighted by Crippen LogP contribution is -2.25. The third-order valence-electron chi connectivity index (χ3n) is 4.89. The van der Waals surface area contributed by atoms with E-state index in [0.717, 1.165) is 41.3 Å². The first-order valence-electron chi connectivity index (χ1n) is 9.22. The van der Waals surface area contributed by atoms with Gasteiger partial charge in [-0.1, -0.05) is 32.4 Å². The molecule has 0 amide bonds. The van der Waals surface area contributed by atoms with Gasteiger partial charge in [0.05, 0.1) is 28.8 Å². The molecule has 0 aromatic carbocycles. The van der Waals surface area contributed by atoms with Crippen LogP contribution in [0.5, 0.6) is 0 Å². The molecule has 4 heterocycles. The van der Waals surface area contributed by atoms with Crippen molar-refractivity contribution in [3.05, 3.63) is 47.1 Å². The van der Waals surface area contributed by atoms with Crippen LogP contribution in [0.15, 0.2) is 30.6 Å². The first-order chi connectivity index (χ1) is 12.8. The zero-order valence-electron chi connectivity index (χ0n) is 15.9. The Balaban J connectivity index is 1.84. The highest BCUT2D eigenvalue weighted by molar-refractivity contribution is 6.31. The Bertz CT molecular complexity index is 978. The normalized spacial score (nSPS) is 17.8. The lowest BCUT2D eigenvalue weighted by Gasteiger charge is -2.23. The van der Waals surface area contributed by atoms with Crippen LogP contribution in [0.1, 0.15) is 38.7 Å². The molecule has 1 aliphatic heterocycles. The van der Waals surface area contributed by atoms with E-state index in [9.17, 15) is 5.11 Å². The molecule has 0 radical (unpaired) electrons. The number of nitrogens with zero attached hydrogens (tertiary/aromatic N) is 5. The van der Waals surface area contributed by atoms with Crippen LogP contribution in [0.4, 0.5) is 5.82 Å². The molecule has 0 bridgehead atoms. The smallest absolute Gasteiger partial charge is 0.146 e. The Kier molecular flexibility index (Phi) is 4.56. The minimum atomic E-state index is -0.303. The first kappa shape index (κ1) is 18.2. The van der Waals surface area contributed by atoms with E-state index in [1.165, 1.54) is 0 Å². The second-order valence-corrected chi connectivity index (χ2v) is 8.53. The number of pyridine rings is 1. The van der Waals surface area contributed by atoms with Crippen molar-refractivity contribution in [1.82, 2.24) is 19.5 Å². The number of aromatic nitrogens is 4. The summed E-state index contributed by atoms with van der Waals surface area (Å²) in [6, 6.07) is 5.72. The maximum Gasteiger partial charge on any atom is 0.146 e. The predicted octanol–water partition coefficient (Wildman–Crippen LogP) is 3.40. The molecule has 3 aromatic rings. The van der Waals surface area contributed by atoms with E-state index in [-0.39, 0.29) is 11.5 Å². The summed E-state index contributed by atoms with van der Waals surface area (Å²) in [7, 11) is 0. The van der Waals surface area contributed by atoms with Gasteiger partial charge in [-0.2, -0.15) is 0 Å². The largest absolute Gasteiger partial charge is 0.391 e. The number of fused-ring (bicyclic) bond motifs is 1. The van der Waals surface area contributed by atoms with Gasteiger partial charge in [-0.15, -0.1) is 0 Å². The second kappa shape index (κ2) is 6.77. The Hall–Kier alpha value is -2.18. The SMILES string of the molecule is CC(C)(C)c1nc(N2CC[C@H](O)C2)c2ccn(Cc3ncccc3Cl)c2n1. The highest BCUT2D eigenvalue weighted by Gasteiger charge is 2.27. The Labute approximate surface area is 163 Å². The van der Waals surface area contributed by atoms with Gasteiger partial charge < -0.3 is 14.6 Å². The molecule has 1 N–H and O–H groups in total. The van der Waals surface area contributed by atoms with Crippen LogP contribution < -0.4 is 4.90 Å². The number of hydrogen-bond donors (Lipinski definition) is 1. The maximum absolute atomic E-state index is 9.98. The zero-order valence-corrected chi connectivity index (χ0v) is 16.6. The van der Waals surface area contributed by atoms with Crippen LogP contribution in [0.25, 0.3) is 11.0 Å². The fourth-order valence-electron chi connectivity index (χ4n) is 3.38. The molecule has 1 saturated heterocycles. The van der Waals surface area contributed by atoms with E-state index in [2.05, 4.69) is 35.2 Å². The summed E-state index contributed by atoms with van der Waals surface area (Å²) in [4.78, 5) is 16.3. The lowest BCUT2D eigenvalue weighted by molar-refractivity contribution is 0.198. The molecule has 6 nitrogen and oxygen atoms in total. The quantitative estimate of drug-likeness (QED) is 0.748. The predicted molar refractivity (Wildman–Crippen MR) is 107 cm³/mol. The molecule has 1 aliphatic rings. The fourth-order valence-corrected chi connectivity index (χ4v) is 3.56. The molecule has 7 heteroatoms. The van der Waals surface area contributed by atoms with E-state index >= 15 is 0 Å². The van der Waals surface area contributed by atoms with Crippen LogP contribution in [0.3, 0.4) is 0 Å². The molecule has 27 heavy (non-hydrogen) atoms. The average Bonchev–Trinajstić information content (AvgIpc) is 3.22. The Morgan fingerprint density at radius 1 is 1.26 bits per heavy atom. The average molecular weight is 386 g/mol. The third kappa shape index (κ3) is 3.51. The van der Waals surface area contributed by atoms with E-state index in [0.29, 0.717) is 18.1 Å². The highest BCUT2D eigenvalue weighted by atomic mass is 35.5. The van der Waals surface area contributed by atoms with Crippen LogP contribution in [0, 0.1) is 0 Å². The number of hydrogen-bond acceptors (Lipinski definition) is 5. The van der Waals surface area contributed by atoms with Gasteiger partial charge in [0, 0.05) is 30.9 Å². The van der Waals surface area contributed by atoms with Crippen molar-refractivity contribution in [3.8, 4) is 0 Å². The van der Waals surface area contributed by atoms with Crippen molar-refractivity contribution < 1.29 is 5.11 Å². The van der Waals surface area contributed by atoms with E-state index in [1.54, 1.807) is 6.20 Å². The summed E-state index contributed by atoms with van der Waals surface area (Å²) in [6.07, 6.45) is 4.22. The first-order valence-corrected chi connectivity index (χ1v) is 9.60. The molecule has 0 aliphatic carbocycles. The number of aliphatic hydroxyl groups excluding tert-OH is 1. The molecular weight excluding hydrogens is 362 g/mol. The molecule has 0 saturated carbocycles. The Morgan fingerprint density at radius 2 is 2.07 bits per heavy atom. The molecule has 3 aromatic heterocycles. The minimum Gasteiger partial charge on any atom is -0.391 e. The van der Waals surface area contributed by atoms with Gasteiger partial charge in [0.15, 0.2) is 0 Å². The minimum absolute atomic E-state index is 0.182. The number of anilines is 1. The summed E-state index contributed by atoms with van der Waals surface area (Å²) in [5, 5.41) is 11.6. The summed E-state index contributed by atoms with van der Waals surface area (Å²) in [5.41, 5.74) is 1.50. The molecule has 142 valence electrons. The number of aliphatic hydroxyl groups is 1. The van der Waals surface area contributed by atoms with Gasteiger partial charge in [-0.05, 0) is 24.6 Å². The van der Waals surface area contributed by atoms with Gasteiger partial charge in [-0.3, -0.25) is 4.98 Å². The second-order valence-electron chi connectivity index (χ2n) is 8.12.